The molecule has 5 nitrogen and oxygen atoms in total. The molecule has 4 N–H and O–H groups in total. The number of hydrogen-bond donors (Lipinski definition) is 3. The third-order valence-electron chi connectivity index (χ3n) is 2.87. The van der Waals surface area contributed by atoms with Crippen molar-refractivity contribution in [2.45, 2.75) is 27.2 Å². The van der Waals surface area contributed by atoms with Crippen molar-refractivity contribution >= 4 is 17.5 Å². The number of amides is 2. The molecule has 1 rings (SSSR count). The van der Waals surface area contributed by atoms with Crippen LogP contribution in [0.25, 0.3) is 0 Å². The van der Waals surface area contributed by atoms with Crippen molar-refractivity contribution in [2.24, 2.45) is 5.92 Å². The van der Waals surface area contributed by atoms with Gasteiger partial charge in [-0.1, -0.05) is 13.8 Å². The van der Waals surface area contributed by atoms with E-state index >= 15 is 0 Å². The topological polar surface area (TPSA) is 84.2 Å². The molecule has 1 aromatic carbocycles. The number of carbonyl (C=O) groups is 2. The molecular weight excluding hydrogens is 273 g/mol. The van der Waals surface area contributed by atoms with Crippen molar-refractivity contribution in [1.82, 2.24) is 10.6 Å². The summed E-state index contributed by atoms with van der Waals surface area (Å²) in [4.78, 5) is 23.4. The second-order valence-corrected chi connectivity index (χ2v) is 5.40. The van der Waals surface area contributed by atoms with Gasteiger partial charge in [0.05, 0.1) is 5.56 Å². The molecule has 0 radical (unpaired) electrons. The van der Waals surface area contributed by atoms with E-state index in [1.54, 1.807) is 6.92 Å². The summed E-state index contributed by atoms with van der Waals surface area (Å²) in [5, 5.41) is 5.26. The zero-order valence-electron chi connectivity index (χ0n) is 12.6. The summed E-state index contributed by atoms with van der Waals surface area (Å²) in [5.74, 6) is -0.938. The first-order chi connectivity index (χ1) is 9.81. The monoisotopic (exact) mass is 295 g/mol. The van der Waals surface area contributed by atoms with Gasteiger partial charge in [0.25, 0.3) is 5.91 Å². The van der Waals surface area contributed by atoms with Crippen LogP contribution in [0.3, 0.4) is 0 Å². The maximum absolute atomic E-state index is 13.8. The van der Waals surface area contributed by atoms with Gasteiger partial charge in [-0.15, -0.1) is 0 Å². The van der Waals surface area contributed by atoms with E-state index in [-0.39, 0.29) is 24.4 Å². The van der Waals surface area contributed by atoms with Crippen molar-refractivity contribution in [3.05, 3.63) is 29.1 Å². The Morgan fingerprint density at radius 3 is 2.57 bits per heavy atom. The highest BCUT2D eigenvalue weighted by Gasteiger charge is 2.14. The predicted molar refractivity (Wildman–Crippen MR) is 80.3 cm³/mol. The number of carbonyl (C=O) groups excluding carboxylic acids is 2. The quantitative estimate of drug-likeness (QED) is 0.697. The number of nitrogens with two attached hydrogens (primary N) is 1. The Hall–Kier alpha value is -2.11. The van der Waals surface area contributed by atoms with Gasteiger partial charge in [0.1, 0.15) is 5.82 Å². The molecule has 0 saturated heterocycles. The Labute approximate surface area is 124 Å². The fourth-order valence-electron chi connectivity index (χ4n) is 1.75. The van der Waals surface area contributed by atoms with Crippen molar-refractivity contribution < 1.29 is 14.0 Å². The second-order valence-electron chi connectivity index (χ2n) is 5.40. The van der Waals surface area contributed by atoms with Gasteiger partial charge in [-0.25, -0.2) is 4.39 Å². The third-order valence-corrected chi connectivity index (χ3v) is 2.87. The lowest BCUT2D eigenvalue weighted by Gasteiger charge is -2.10. The van der Waals surface area contributed by atoms with Gasteiger partial charge in [-0.3, -0.25) is 9.59 Å². The number of benzene rings is 1. The van der Waals surface area contributed by atoms with Crippen molar-refractivity contribution in [3.63, 3.8) is 0 Å². The van der Waals surface area contributed by atoms with E-state index in [1.165, 1.54) is 12.1 Å². The first kappa shape index (κ1) is 16.9. The van der Waals surface area contributed by atoms with Gasteiger partial charge in [0.2, 0.25) is 5.91 Å². The Morgan fingerprint density at radius 2 is 1.95 bits per heavy atom. The molecule has 2 amide bonds. The van der Waals surface area contributed by atoms with Gasteiger partial charge in [0, 0.05) is 25.2 Å². The van der Waals surface area contributed by atoms with Crippen LogP contribution in [0, 0.1) is 18.7 Å². The van der Waals surface area contributed by atoms with E-state index in [2.05, 4.69) is 10.6 Å². The van der Waals surface area contributed by atoms with Crippen LogP contribution in [-0.4, -0.2) is 24.9 Å². The minimum atomic E-state index is -0.592. The zero-order chi connectivity index (χ0) is 16.0. The summed E-state index contributed by atoms with van der Waals surface area (Å²) in [5.41, 5.74) is 6.14. The van der Waals surface area contributed by atoms with Crippen LogP contribution in [0.1, 0.15) is 36.2 Å². The maximum Gasteiger partial charge on any atom is 0.254 e. The predicted octanol–water partition coefficient (Wildman–Crippen LogP) is 1.61. The smallest absolute Gasteiger partial charge is 0.254 e. The molecule has 0 aromatic heterocycles. The molecule has 0 atom stereocenters. The van der Waals surface area contributed by atoms with Crippen LogP contribution in [0.5, 0.6) is 0 Å². The van der Waals surface area contributed by atoms with Crippen LogP contribution < -0.4 is 16.4 Å². The zero-order valence-corrected chi connectivity index (χ0v) is 12.6. The number of anilines is 1. The highest BCUT2D eigenvalue weighted by molar-refractivity contribution is 5.95. The molecule has 116 valence electrons. The normalized spacial score (nSPS) is 10.5. The number of halogens is 1. The van der Waals surface area contributed by atoms with Crippen molar-refractivity contribution in [2.75, 3.05) is 18.8 Å². The SMILES string of the molecule is Cc1cc(N)cc(C(=O)NCCC(=O)NCC(C)C)c1F. The minimum absolute atomic E-state index is 0.102. The molecule has 0 fully saturated rings. The first-order valence-corrected chi connectivity index (χ1v) is 6.91. The number of nitrogen functional groups attached to an aromatic ring is 1. The number of rotatable bonds is 6. The number of nitrogens with one attached hydrogen (secondary N) is 2. The first-order valence-electron chi connectivity index (χ1n) is 6.91. The fraction of sp³-hybridized carbons (Fsp3) is 0.467. The van der Waals surface area contributed by atoms with Gasteiger partial charge in [0.15, 0.2) is 0 Å². The second kappa shape index (κ2) is 7.61. The summed E-state index contributed by atoms with van der Waals surface area (Å²) >= 11 is 0. The lowest BCUT2D eigenvalue weighted by atomic mass is 10.1. The Morgan fingerprint density at radius 1 is 1.29 bits per heavy atom. The van der Waals surface area contributed by atoms with E-state index in [9.17, 15) is 14.0 Å². The molecule has 1 aromatic rings. The average molecular weight is 295 g/mol. The fourth-order valence-corrected chi connectivity index (χ4v) is 1.75. The van der Waals surface area contributed by atoms with Crippen LogP contribution in [0.2, 0.25) is 0 Å². The molecule has 0 unspecified atom stereocenters. The van der Waals surface area contributed by atoms with E-state index < -0.39 is 11.7 Å². The van der Waals surface area contributed by atoms with Gasteiger partial charge >= 0.3 is 0 Å². The standard InChI is InChI=1S/C15H22FN3O2/c1-9(2)8-19-13(20)4-5-18-15(21)12-7-11(17)6-10(3)14(12)16/h6-7,9H,4-5,8,17H2,1-3H3,(H,18,21)(H,19,20). The molecule has 0 saturated carbocycles. The van der Waals surface area contributed by atoms with E-state index in [4.69, 9.17) is 5.73 Å². The van der Waals surface area contributed by atoms with E-state index in [0.29, 0.717) is 23.7 Å². The largest absolute Gasteiger partial charge is 0.399 e. The Kier molecular flexibility index (Phi) is 6.14. The van der Waals surface area contributed by atoms with Gasteiger partial charge in [-0.2, -0.15) is 0 Å². The summed E-state index contributed by atoms with van der Waals surface area (Å²) in [6.45, 7) is 6.27. The molecule has 0 bridgehead atoms. The van der Waals surface area contributed by atoms with Crippen LogP contribution in [0.4, 0.5) is 10.1 Å². The van der Waals surface area contributed by atoms with Crippen molar-refractivity contribution in [3.8, 4) is 0 Å². The van der Waals surface area contributed by atoms with E-state index in [1.807, 2.05) is 13.8 Å². The highest BCUT2D eigenvalue weighted by atomic mass is 19.1. The molecule has 0 aliphatic carbocycles. The summed E-state index contributed by atoms with van der Waals surface area (Å²) in [7, 11) is 0. The van der Waals surface area contributed by atoms with E-state index in [0.717, 1.165) is 0 Å². The number of aryl methyl sites for hydroxylation is 1. The molecule has 0 aliphatic rings. The summed E-state index contributed by atoms with van der Waals surface area (Å²) in [6.07, 6.45) is 0.154. The molecule has 0 aliphatic heterocycles. The molecule has 21 heavy (non-hydrogen) atoms. The highest BCUT2D eigenvalue weighted by Crippen LogP contribution is 2.16. The van der Waals surface area contributed by atoms with Crippen molar-refractivity contribution in [1.29, 1.82) is 0 Å². The minimum Gasteiger partial charge on any atom is -0.399 e. The van der Waals surface area contributed by atoms with Crippen LogP contribution in [0.15, 0.2) is 12.1 Å². The van der Waals surface area contributed by atoms with Crippen LogP contribution >= 0.6 is 0 Å². The van der Waals surface area contributed by atoms with Crippen LogP contribution in [-0.2, 0) is 4.79 Å². The molecular formula is C15H22FN3O2. The van der Waals surface area contributed by atoms with Gasteiger partial charge < -0.3 is 16.4 Å². The Balaban J connectivity index is 2.50. The average Bonchev–Trinajstić information content (AvgIpc) is 2.40. The lowest BCUT2D eigenvalue weighted by Crippen LogP contribution is -2.32. The maximum atomic E-state index is 13.8. The molecule has 6 heteroatoms. The molecule has 0 heterocycles. The Bertz CT molecular complexity index is 530. The lowest BCUT2D eigenvalue weighted by molar-refractivity contribution is -0.121. The molecule has 0 spiro atoms. The number of hydrogen-bond acceptors (Lipinski definition) is 3. The summed E-state index contributed by atoms with van der Waals surface area (Å²) in [6, 6.07) is 2.75. The summed E-state index contributed by atoms with van der Waals surface area (Å²) < 4.78 is 13.8. The van der Waals surface area contributed by atoms with Gasteiger partial charge in [-0.05, 0) is 30.5 Å². The third kappa shape index (κ3) is 5.41.